The smallest absolute Gasteiger partial charge is 0.266 e. The molecule has 118 valence electrons. The van der Waals surface area contributed by atoms with E-state index < -0.39 is 15.9 Å². The Labute approximate surface area is 123 Å². The average Bonchev–Trinajstić information content (AvgIpc) is 2.43. The summed E-state index contributed by atoms with van der Waals surface area (Å²) in [7, 11) is 0.336. The molecule has 1 rings (SSSR count). The monoisotopic (exact) mass is 318 g/mol. The third kappa shape index (κ3) is 4.80. The van der Waals surface area contributed by atoms with E-state index in [2.05, 4.69) is 4.99 Å². The number of benzene rings is 1. The molecular formula is C12H18N2O6S. The molecule has 0 saturated carbocycles. The van der Waals surface area contributed by atoms with Gasteiger partial charge in [-0.3, -0.25) is 9.55 Å². The van der Waals surface area contributed by atoms with Crippen LogP contribution in [0.15, 0.2) is 17.1 Å². The molecule has 0 bridgehead atoms. The minimum absolute atomic E-state index is 0.0953. The Morgan fingerprint density at radius 2 is 1.71 bits per heavy atom. The fraction of sp³-hybridized carbons (Fsp3) is 0.417. The van der Waals surface area contributed by atoms with Crippen LogP contribution in [0.3, 0.4) is 0 Å². The molecule has 0 heterocycles. The van der Waals surface area contributed by atoms with E-state index in [1.165, 1.54) is 21.3 Å². The number of amidine groups is 1. The molecule has 3 N–H and O–H groups in total. The summed E-state index contributed by atoms with van der Waals surface area (Å²) >= 11 is 0. The summed E-state index contributed by atoms with van der Waals surface area (Å²) in [6, 6.07) is 3.18. The molecule has 0 unspecified atom stereocenters. The van der Waals surface area contributed by atoms with Gasteiger partial charge in [0.1, 0.15) is 5.84 Å². The number of nitrogens with zero attached hydrogens (tertiary/aromatic N) is 1. The topological polar surface area (TPSA) is 120 Å². The first-order valence-electron chi connectivity index (χ1n) is 5.87. The fourth-order valence-electron chi connectivity index (χ4n) is 1.60. The second-order valence-corrected chi connectivity index (χ2v) is 5.54. The zero-order valence-corrected chi connectivity index (χ0v) is 12.8. The molecule has 9 heteroatoms. The Kier molecular flexibility index (Phi) is 5.79. The van der Waals surface area contributed by atoms with E-state index in [0.717, 1.165) is 0 Å². The summed E-state index contributed by atoms with van der Waals surface area (Å²) in [6.45, 7) is -0.151. The van der Waals surface area contributed by atoms with Crippen LogP contribution in [0.1, 0.15) is 5.56 Å². The molecule has 21 heavy (non-hydrogen) atoms. The van der Waals surface area contributed by atoms with Crippen molar-refractivity contribution in [3.8, 4) is 17.2 Å². The van der Waals surface area contributed by atoms with Gasteiger partial charge in [0, 0.05) is 5.56 Å². The molecule has 0 spiro atoms. The molecule has 1 aromatic carbocycles. The highest BCUT2D eigenvalue weighted by molar-refractivity contribution is 7.85. The van der Waals surface area contributed by atoms with Gasteiger partial charge < -0.3 is 19.9 Å². The number of nitrogens with two attached hydrogens (primary N) is 1. The lowest BCUT2D eigenvalue weighted by Gasteiger charge is -2.13. The fourth-order valence-corrected chi connectivity index (χ4v) is 1.92. The van der Waals surface area contributed by atoms with Crippen LogP contribution in [0.2, 0.25) is 0 Å². The summed E-state index contributed by atoms with van der Waals surface area (Å²) in [6.07, 6.45) is 0. The number of hydrogen-bond acceptors (Lipinski definition) is 6. The summed E-state index contributed by atoms with van der Waals surface area (Å²) in [5.74, 6) is 0.810. The van der Waals surface area contributed by atoms with Crippen molar-refractivity contribution in [2.45, 2.75) is 0 Å². The summed E-state index contributed by atoms with van der Waals surface area (Å²) in [5.41, 5.74) is 6.27. The number of aliphatic imine (C=N–C) groups is 1. The molecule has 0 aliphatic rings. The van der Waals surface area contributed by atoms with Crippen molar-refractivity contribution in [2.24, 2.45) is 10.7 Å². The largest absolute Gasteiger partial charge is 0.493 e. The highest BCUT2D eigenvalue weighted by Gasteiger charge is 2.14. The number of hydrogen-bond donors (Lipinski definition) is 2. The van der Waals surface area contributed by atoms with Gasteiger partial charge in [0.2, 0.25) is 5.75 Å². The van der Waals surface area contributed by atoms with E-state index in [-0.39, 0.29) is 12.4 Å². The number of methoxy groups -OCH3 is 3. The van der Waals surface area contributed by atoms with Gasteiger partial charge in [0.05, 0.1) is 33.6 Å². The molecule has 0 radical (unpaired) electrons. The van der Waals surface area contributed by atoms with E-state index in [4.69, 9.17) is 24.5 Å². The van der Waals surface area contributed by atoms with Crippen molar-refractivity contribution < 1.29 is 27.2 Å². The second kappa shape index (κ2) is 7.14. The maximum Gasteiger partial charge on any atom is 0.266 e. The van der Waals surface area contributed by atoms with Gasteiger partial charge in [-0.2, -0.15) is 8.42 Å². The molecular weight excluding hydrogens is 300 g/mol. The van der Waals surface area contributed by atoms with Gasteiger partial charge >= 0.3 is 0 Å². The van der Waals surface area contributed by atoms with Crippen molar-refractivity contribution in [2.75, 3.05) is 33.6 Å². The van der Waals surface area contributed by atoms with Gasteiger partial charge in [-0.05, 0) is 12.1 Å². The van der Waals surface area contributed by atoms with Crippen LogP contribution < -0.4 is 19.9 Å². The van der Waals surface area contributed by atoms with E-state index in [1.807, 2.05) is 0 Å². The molecule has 0 aliphatic heterocycles. The van der Waals surface area contributed by atoms with Crippen LogP contribution >= 0.6 is 0 Å². The average molecular weight is 318 g/mol. The van der Waals surface area contributed by atoms with Crippen LogP contribution in [0.25, 0.3) is 0 Å². The molecule has 8 nitrogen and oxygen atoms in total. The first kappa shape index (κ1) is 17.1. The molecule has 0 amide bonds. The van der Waals surface area contributed by atoms with Crippen LogP contribution in [-0.4, -0.2) is 52.4 Å². The van der Waals surface area contributed by atoms with Crippen LogP contribution in [0, 0.1) is 0 Å². The van der Waals surface area contributed by atoms with Crippen molar-refractivity contribution in [1.29, 1.82) is 0 Å². The molecule has 0 atom stereocenters. The maximum absolute atomic E-state index is 10.6. The Morgan fingerprint density at radius 3 is 2.10 bits per heavy atom. The first-order valence-corrected chi connectivity index (χ1v) is 7.48. The third-order valence-corrected chi connectivity index (χ3v) is 3.29. The molecule has 1 aromatic rings. The van der Waals surface area contributed by atoms with E-state index in [9.17, 15) is 8.42 Å². The zero-order chi connectivity index (χ0) is 16.0. The second-order valence-electron chi connectivity index (χ2n) is 3.97. The van der Waals surface area contributed by atoms with Gasteiger partial charge in [0.25, 0.3) is 10.1 Å². The third-order valence-electron chi connectivity index (χ3n) is 2.59. The lowest BCUT2D eigenvalue weighted by atomic mass is 10.1. The Bertz CT molecular complexity index is 602. The van der Waals surface area contributed by atoms with Crippen LogP contribution in [0.4, 0.5) is 0 Å². The van der Waals surface area contributed by atoms with Crippen molar-refractivity contribution >= 4 is 16.0 Å². The lowest BCUT2D eigenvalue weighted by Crippen LogP contribution is -2.16. The van der Waals surface area contributed by atoms with Crippen molar-refractivity contribution in [1.82, 2.24) is 0 Å². The minimum atomic E-state index is -4.07. The Morgan fingerprint density at radius 1 is 1.19 bits per heavy atom. The highest BCUT2D eigenvalue weighted by Crippen LogP contribution is 2.38. The van der Waals surface area contributed by atoms with Crippen LogP contribution in [-0.2, 0) is 10.1 Å². The molecule has 0 aromatic heterocycles. The first-order chi connectivity index (χ1) is 9.82. The predicted octanol–water partition coefficient (Wildman–Crippen LogP) is 0.306. The normalized spacial score (nSPS) is 12.1. The predicted molar refractivity (Wildman–Crippen MR) is 78.1 cm³/mol. The number of rotatable bonds is 7. The number of ether oxygens (including phenoxy) is 3. The van der Waals surface area contributed by atoms with Gasteiger partial charge in [-0.25, -0.2) is 0 Å². The van der Waals surface area contributed by atoms with E-state index in [1.54, 1.807) is 12.1 Å². The lowest BCUT2D eigenvalue weighted by molar-refractivity contribution is 0.324. The quantitative estimate of drug-likeness (QED) is 0.421. The summed E-state index contributed by atoms with van der Waals surface area (Å²) in [4.78, 5) is 3.89. The van der Waals surface area contributed by atoms with E-state index >= 15 is 0 Å². The SMILES string of the molecule is COc1cc(C(N)=NCCS(=O)(=O)O)cc(OC)c1OC. The minimum Gasteiger partial charge on any atom is -0.493 e. The van der Waals surface area contributed by atoms with Crippen LogP contribution in [0.5, 0.6) is 17.2 Å². The van der Waals surface area contributed by atoms with Gasteiger partial charge in [-0.15, -0.1) is 0 Å². The van der Waals surface area contributed by atoms with Gasteiger partial charge in [0.15, 0.2) is 11.5 Å². The maximum atomic E-state index is 10.6. The summed E-state index contributed by atoms with van der Waals surface area (Å²) in [5, 5.41) is 0. The molecule has 0 aliphatic carbocycles. The Balaban J connectivity index is 3.09. The Hall–Kier alpha value is -2.00. The summed E-state index contributed by atoms with van der Waals surface area (Å²) < 4.78 is 45.4. The van der Waals surface area contributed by atoms with Gasteiger partial charge in [-0.1, -0.05) is 0 Å². The molecule has 0 saturated heterocycles. The van der Waals surface area contributed by atoms with Crippen molar-refractivity contribution in [3.05, 3.63) is 17.7 Å². The molecule has 0 fully saturated rings. The highest BCUT2D eigenvalue weighted by atomic mass is 32.2. The van der Waals surface area contributed by atoms with Crippen molar-refractivity contribution in [3.63, 3.8) is 0 Å². The standard InChI is InChI=1S/C12H18N2O6S/c1-18-9-6-8(7-10(19-2)11(9)20-3)12(13)14-4-5-21(15,16)17/h6-7H,4-5H2,1-3H3,(H2,13,14)(H,15,16,17). The van der Waals surface area contributed by atoms with E-state index in [0.29, 0.717) is 22.8 Å². The zero-order valence-electron chi connectivity index (χ0n) is 12.0.